The van der Waals surface area contributed by atoms with E-state index >= 15 is 0 Å². The van der Waals surface area contributed by atoms with Gasteiger partial charge in [0.2, 0.25) is 5.72 Å². The van der Waals surface area contributed by atoms with Gasteiger partial charge in [0.1, 0.15) is 23.8 Å². The molecule has 35 heavy (non-hydrogen) atoms. The summed E-state index contributed by atoms with van der Waals surface area (Å²) < 4.78 is 20.1. The highest BCUT2D eigenvalue weighted by atomic mass is 19.1. The van der Waals surface area contributed by atoms with Crippen molar-refractivity contribution in [3.05, 3.63) is 82.2 Å². The van der Waals surface area contributed by atoms with Crippen molar-refractivity contribution in [1.82, 2.24) is 14.6 Å². The zero-order chi connectivity index (χ0) is 25.5. The van der Waals surface area contributed by atoms with E-state index in [2.05, 4.69) is 4.98 Å². The topological polar surface area (TPSA) is 175 Å². The molecule has 11 nitrogen and oxygen atoms in total. The van der Waals surface area contributed by atoms with Crippen LogP contribution in [0, 0.1) is 12.7 Å². The Balaban J connectivity index is 1.88. The first-order valence-electron chi connectivity index (χ1n) is 10.6. The van der Waals surface area contributed by atoms with Crippen LogP contribution in [0.1, 0.15) is 11.1 Å². The van der Waals surface area contributed by atoms with Crippen molar-refractivity contribution in [2.24, 2.45) is 0 Å². The van der Waals surface area contributed by atoms with Crippen molar-refractivity contribution in [3.8, 4) is 11.1 Å². The maximum atomic E-state index is 14.5. The molecular weight excluding hydrogens is 463 g/mol. The van der Waals surface area contributed by atoms with Gasteiger partial charge in [0.25, 0.3) is 0 Å². The van der Waals surface area contributed by atoms with Crippen LogP contribution in [0.15, 0.2) is 59.5 Å². The molecule has 1 fully saturated rings. The first-order chi connectivity index (χ1) is 16.5. The number of nitrogen functional groups attached to an aromatic ring is 1. The first-order valence-corrected chi connectivity index (χ1v) is 10.6. The minimum Gasteiger partial charge on any atom is -0.394 e. The highest BCUT2D eigenvalue weighted by Gasteiger charge is 2.70. The second-order valence-corrected chi connectivity index (χ2v) is 8.32. The summed E-state index contributed by atoms with van der Waals surface area (Å²) in [6.45, 7) is 0.504. The van der Waals surface area contributed by atoms with E-state index in [0.29, 0.717) is 10.1 Å². The van der Waals surface area contributed by atoms with Crippen LogP contribution in [0.4, 0.5) is 10.2 Å². The van der Waals surface area contributed by atoms with Gasteiger partial charge >= 0.3 is 11.6 Å². The van der Waals surface area contributed by atoms with Crippen molar-refractivity contribution < 1.29 is 34.8 Å². The number of anilines is 1. The first kappa shape index (κ1) is 24.9. The van der Waals surface area contributed by atoms with Crippen molar-refractivity contribution in [1.29, 1.82) is 0 Å². The number of aliphatic hydroxyl groups excluding tert-OH is 2. The number of aliphatic hydroxyl groups is 4. The Labute approximate surface area is 198 Å². The summed E-state index contributed by atoms with van der Waals surface area (Å²) in [6, 6.07) is 12.2. The summed E-state index contributed by atoms with van der Waals surface area (Å²) in [6.07, 6.45) is -2.80. The lowest BCUT2D eigenvalue weighted by molar-refractivity contribution is -0.413. The second kappa shape index (κ2) is 9.09. The fourth-order valence-electron chi connectivity index (χ4n) is 4.12. The molecule has 1 aliphatic heterocycles. The van der Waals surface area contributed by atoms with Gasteiger partial charge in [-0.2, -0.15) is 0 Å². The Bertz CT molecular complexity index is 1290. The molecule has 4 rings (SSSR count). The summed E-state index contributed by atoms with van der Waals surface area (Å²) in [4.78, 5) is 16.4. The number of hydroxylamine groups is 2. The van der Waals surface area contributed by atoms with E-state index in [1.165, 1.54) is 18.2 Å². The van der Waals surface area contributed by atoms with Crippen LogP contribution in [0.3, 0.4) is 0 Å². The van der Waals surface area contributed by atoms with Crippen LogP contribution in [0.5, 0.6) is 0 Å². The maximum absolute atomic E-state index is 14.5. The van der Waals surface area contributed by atoms with Crippen LogP contribution in [0.25, 0.3) is 11.1 Å². The lowest BCUT2D eigenvalue weighted by Gasteiger charge is -2.42. The van der Waals surface area contributed by atoms with E-state index in [9.17, 15) is 34.8 Å². The van der Waals surface area contributed by atoms with Gasteiger partial charge in [-0.1, -0.05) is 48.0 Å². The monoisotopic (exact) mass is 488 g/mol. The van der Waals surface area contributed by atoms with Crippen LogP contribution < -0.4 is 11.4 Å². The Hall–Kier alpha value is -3.23. The second-order valence-electron chi connectivity index (χ2n) is 8.32. The Morgan fingerprint density at radius 1 is 1.17 bits per heavy atom. The number of aryl methyl sites for hydroxylation is 1. The lowest BCUT2D eigenvalue weighted by atomic mass is 9.99. The quantitative estimate of drug-likeness (QED) is 0.203. The highest BCUT2D eigenvalue weighted by molar-refractivity contribution is 5.73. The zero-order valence-electron chi connectivity index (χ0n) is 18.6. The molecular formula is C23H25FN4O7. The van der Waals surface area contributed by atoms with Crippen molar-refractivity contribution in [2.45, 2.75) is 37.3 Å². The molecule has 1 saturated heterocycles. The standard InChI is InChI=1S/C23H25FN4O7/c1-13-6-8-14(9-7-13)11-27(34)22(32)19(30)18(12-29)35-23(22,33)28-20(25)16(10-26-21(28)31)15-4-2-3-5-17(15)24/h2-10,18-19,29-30,32-34H,11-12,25H2,1H3/t18-,19-,22-,23+/m1/s1. The third-order valence-corrected chi connectivity index (χ3v) is 6.07. The molecule has 0 bridgehead atoms. The molecule has 0 unspecified atom stereocenters. The van der Waals surface area contributed by atoms with E-state index in [0.717, 1.165) is 17.8 Å². The summed E-state index contributed by atoms with van der Waals surface area (Å²) in [5.74, 6) is -4.54. The van der Waals surface area contributed by atoms with E-state index < -0.39 is 54.3 Å². The molecule has 186 valence electrons. The average molecular weight is 488 g/mol. The third kappa shape index (κ3) is 3.90. The predicted molar refractivity (Wildman–Crippen MR) is 120 cm³/mol. The maximum Gasteiger partial charge on any atom is 0.353 e. The fourth-order valence-corrected chi connectivity index (χ4v) is 4.12. The largest absolute Gasteiger partial charge is 0.394 e. The Kier molecular flexibility index (Phi) is 6.46. The zero-order valence-corrected chi connectivity index (χ0v) is 18.6. The molecule has 2 aromatic carbocycles. The summed E-state index contributed by atoms with van der Waals surface area (Å²) >= 11 is 0. The minimum atomic E-state index is -3.26. The van der Waals surface area contributed by atoms with Gasteiger partial charge < -0.3 is 36.1 Å². The molecule has 4 atom stereocenters. The molecule has 7 N–H and O–H groups in total. The van der Waals surface area contributed by atoms with Gasteiger partial charge in [0, 0.05) is 17.3 Å². The van der Waals surface area contributed by atoms with Crippen LogP contribution in [-0.2, 0) is 17.2 Å². The van der Waals surface area contributed by atoms with Gasteiger partial charge in [-0.15, -0.1) is 5.06 Å². The van der Waals surface area contributed by atoms with Crippen LogP contribution in [-0.4, -0.2) is 64.8 Å². The van der Waals surface area contributed by atoms with Crippen molar-refractivity contribution in [3.63, 3.8) is 0 Å². The lowest BCUT2D eigenvalue weighted by Crippen LogP contribution is -2.68. The normalized spacial score (nSPS) is 26.4. The van der Waals surface area contributed by atoms with Crippen molar-refractivity contribution >= 4 is 5.82 Å². The van der Waals surface area contributed by atoms with E-state index in [4.69, 9.17) is 10.5 Å². The number of hydrogen-bond acceptors (Lipinski definition) is 10. The van der Waals surface area contributed by atoms with Gasteiger partial charge in [0.05, 0.1) is 13.2 Å². The van der Waals surface area contributed by atoms with Gasteiger partial charge in [-0.25, -0.2) is 18.7 Å². The Morgan fingerprint density at radius 2 is 1.83 bits per heavy atom. The summed E-state index contributed by atoms with van der Waals surface area (Å²) in [7, 11) is 0. The number of aromatic nitrogens is 2. The number of hydrogen-bond donors (Lipinski definition) is 6. The predicted octanol–water partition coefficient (Wildman–Crippen LogP) is -0.125. The average Bonchev–Trinajstić information content (AvgIpc) is 3.03. The number of nitrogens with two attached hydrogens (primary N) is 1. The smallest absolute Gasteiger partial charge is 0.353 e. The van der Waals surface area contributed by atoms with Crippen LogP contribution in [0.2, 0.25) is 0 Å². The molecule has 2 heterocycles. The number of rotatable bonds is 6. The van der Waals surface area contributed by atoms with Gasteiger partial charge in [0.15, 0.2) is 0 Å². The van der Waals surface area contributed by atoms with Crippen molar-refractivity contribution in [2.75, 3.05) is 12.3 Å². The molecule has 0 aliphatic carbocycles. The molecule has 0 radical (unpaired) electrons. The third-order valence-electron chi connectivity index (χ3n) is 6.07. The van der Waals surface area contributed by atoms with E-state index in [1.807, 2.05) is 6.92 Å². The molecule has 0 amide bonds. The molecule has 0 saturated carbocycles. The Morgan fingerprint density at radius 3 is 2.46 bits per heavy atom. The minimum absolute atomic E-state index is 0.0730. The highest BCUT2D eigenvalue weighted by Crippen LogP contribution is 2.45. The molecule has 1 aromatic heterocycles. The van der Waals surface area contributed by atoms with E-state index in [1.54, 1.807) is 24.3 Å². The number of halogens is 1. The number of nitrogens with zero attached hydrogens (tertiary/aromatic N) is 3. The van der Waals surface area contributed by atoms with Gasteiger partial charge in [-0.3, -0.25) is 0 Å². The number of benzene rings is 2. The summed E-state index contributed by atoms with van der Waals surface area (Å²) in [5.41, 5.74) is 2.95. The fraction of sp³-hybridized carbons (Fsp3) is 0.304. The number of ether oxygens (including phenoxy) is 1. The molecule has 1 aliphatic rings. The molecule has 0 spiro atoms. The van der Waals surface area contributed by atoms with Crippen LogP contribution >= 0.6 is 0 Å². The summed E-state index contributed by atoms with van der Waals surface area (Å²) in [5, 5.41) is 54.6. The molecule has 12 heteroatoms. The van der Waals surface area contributed by atoms with Gasteiger partial charge in [-0.05, 0) is 18.6 Å². The van der Waals surface area contributed by atoms with E-state index in [-0.39, 0.29) is 16.2 Å². The molecule has 3 aromatic rings. The SMILES string of the molecule is Cc1ccc(CN(O)[C@@]2(O)[C@H](O)[C@@H](CO)O[C@]2(O)n2c(N)c(-c3ccccc3F)cnc2=O)cc1.